The molecular weight excluding hydrogens is 825 g/mol. The third-order valence-corrected chi connectivity index (χ3v) is 14.0. The van der Waals surface area contributed by atoms with Gasteiger partial charge in [0, 0.05) is 23.0 Å². The minimum absolute atomic E-state index is 0.0316. The van der Waals surface area contributed by atoms with E-state index >= 15 is 0 Å². The molecule has 1 saturated heterocycles. The molecule has 1 aromatic heterocycles. The number of aliphatic hydroxyl groups is 1. The predicted molar refractivity (Wildman–Crippen MR) is 179 cm³/mol. The molecule has 6 atom stereocenters. The molecule has 284 valence electrons. The van der Waals surface area contributed by atoms with Crippen LogP contribution in [0.15, 0.2) is 54.5 Å². The van der Waals surface area contributed by atoms with Gasteiger partial charge in [-0.15, -0.1) is 0 Å². The Morgan fingerprint density at radius 2 is 1.62 bits per heavy atom. The molecule has 52 heavy (non-hydrogen) atoms. The van der Waals surface area contributed by atoms with E-state index in [2.05, 4.69) is 27.4 Å². The summed E-state index contributed by atoms with van der Waals surface area (Å²) in [5.41, 5.74) is -0.536. The van der Waals surface area contributed by atoms with Crippen LogP contribution in [0.3, 0.4) is 0 Å². The number of phosphoric ester groups is 1. The molecule has 0 radical (unpaired) electrons. The Labute approximate surface area is 301 Å². The highest BCUT2D eigenvalue weighted by Crippen LogP contribution is 2.70. The van der Waals surface area contributed by atoms with Gasteiger partial charge in [0.2, 0.25) is 5.78 Å². The molecule has 7 N–H and O–H groups in total. The SMILES string of the molecule is Cc1c(-c2ccc3c(c2)C(C)(C)C2=C(Cl)C(=O)C(Cl)=CC2=N3)n([C@H]2C[C@H](O)[C@@H](COP(=O)(O)OP(=O)(O)OP(=O)(O)OP(=O)(O)O)O2)c(=O)[nH]c1=O. The second-order valence-corrected chi connectivity index (χ2v) is 18.6. The maximum absolute atomic E-state index is 13.3. The van der Waals surface area contributed by atoms with Gasteiger partial charge >= 0.3 is 37.0 Å². The number of H-pyrrole nitrogens is 1. The molecule has 0 saturated carbocycles. The average Bonchev–Trinajstić information content (AvgIpc) is 3.33. The van der Waals surface area contributed by atoms with Crippen molar-refractivity contribution in [3.63, 3.8) is 0 Å². The van der Waals surface area contributed by atoms with E-state index in [9.17, 15) is 52.4 Å². The smallest absolute Gasteiger partial charge is 0.390 e. The van der Waals surface area contributed by atoms with Crippen LogP contribution in [0.25, 0.3) is 11.3 Å². The monoisotopic (exact) mass is 851 g/mol. The molecular formula is C25H27Cl2N3O18P4. The fourth-order valence-electron chi connectivity index (χ4n) is 5.73. The largest absolute Gasteiger partial charge is 0.490 e. The second kappa shape index (κ2) is 14.1. The average molecular weight is 852 g/mol. The Bertz CT molecular complexity index is 2290. The molecule has 0 spiro atoms. The van der Waals surface area contributed by atoms with Crippen LogP contribution in [0, 0.1) is 6.92 Å². The number of hydrogen-bond acceptors (Lipinski definition) is 14. The zero-order valence-electron chi connectivity index (χ0n) is 26.5. The Morgan fingerprint density at radius 3 is 2.25 bits per heavy atom. The van der Waals surface area contributed by atoms with Crippen LogP contribution >= 0.6 is 54.5 Å². The molecule has 3 unspecified atom stereocenters. The van der Waals surface area contributed by atoms with E-state index in [4.69, 9.17) is 37.7 Å². The molecule has 0 amide bonds. The van der Waals surface area contributed by atoms with Gasteiger partial charge < -0.3 is 34.3 Å². The highest BCUT2D eigenvalue weighted by atomic mass is 35.5. The standard InChI is InChI=1S/C25H27Cl2N3O18P4/c1-10-21(11-4-5-14-12(6-11)25(2,3)19-15(28-14)7-13(26)22(32)20(19)27)30(24(34)29-23(10)33)18-8-16(31)17(45-18)9-44-50(38,39)47-52(42,43)48-51(40,41)46-49(35,36)37/h4-7,16-18,31H,8-9H2,1-3H3,(H,38,39)(H,40,41)(H,42,43)(H,29,33,34)(H2,35,36,37)/t16-,17+,18+/m0/s1. The molecule has 1 aliphatic carbocycles. The number of Topliss-reactive ketones (excluding diaryl/α,β-unsaturated/α-hetero) is 1. The third-order valence-electron chi connectivity index (χ3n) is 7.86. The number of fused-ring (bicyclic) bond motifs is 2. The minimum Gasteiger partial charge on any atom is -0.390 e. The summed E-state index contributed by atoms with van der Waals surface area (Å²) in [5.74, 6) is -0.591. The Kier molecular flexibility index (Phi) is 11.1. The van der Waals surface area contributed by atoms with Crippen molar-refractivity contribution in [3.05, 3.63) is 71.9 Å². The van der Waals surface area contributed by atoms with Crippen molar-refractivity contribution >= 4 is 71.7 Å². The number of nitrogens with one attached hydrogen (secondary N) is 1. The number of allylic oxidation sites excluding steroid dienone is 4. The van der Waals surface area contributed by atoms with E-state index in [0.29, 0.717) is 28.1 Å². The van der Waals surface area contributed by atoms with Gasteiger partial charge in [-0.05, 0) is 36.3 Å². The van der Waals surface area contributed by atoms with Crippen molar-refractivity contribution in [1.29, 1.82) is 0 Å². The van der Waals surface area contributed by atoms with Crippen molar-refractivity contribution in [2.45, 2.75) is 51.0 Å². The summed E-state index contributed by atoms with van der Waals surface area (Å²) in [6, 6.07) is 4.80. The first-order valence-electron chi connectivity index (χ1n) is 14.3. The number of phosphoric acid groups is 4. The van der Waals surface area contributed by atoms with Crippen molar-refractivity contribution < 1.29 is 74.8 Å². The number of ketones is 1. The molecule has 3 heterocycles. The lowest BCUT2D eigenvalue weighted by Crippen LogP contribution is -2.36. The van der Waals surface area contributed by atoms with Crippen LogP contribution in [0.5, 0.6) is 0 Å². The van der Waals surface area contributed by atoms with Crippen LogP contribution in [0.1, 0.15) is 37.6 Å². The first-order chi connectivity index (χ1) is 23.7. The Balaban J connectivity index is 1.42. The Morgan fingerprint density at radius 1 is 1.00 bits per heavy atom. The Hall–Kier alpha value is -2.22. The van der Waals surface area contributed by atoms with Crippen molar-refractivity contribution in [1.82, 2.24) is 9.55 Å². The number of carbonyl (C=O) groups is 1. The van der Waals surface area contributed by atoms with Crippen LogP contribution < -0.4 is 11.2 Å². The van der Waals surface area contributed by atoms with E-state index in [1.165, 1.54) is 13.0 Å². The van der Waals surface area contributed by atoms with Gasteiger partial charge in [0.15, 0.2) is 0 Å². The summed E-state index contributed by atoms with van der Waals surface area (Å²) in [6.45, 7) is 3.90. The van der Waals surface area contributed by atoms with Gasteiger partial charge in [-0.1, -0.05) is 43.1 Å². The molecule has 1 fully saturated rings. The lowest BCUT2D eigenvalue weighted by Gasteiger charge is -2.36. The zero-order valence-corrected chi connectivity index (χ0v) is 31.6. The number of benzene rings is 1. The minimum atomic E-state index is -6.10. The third kappa shape index (κ3) is 8.52. The van der Waals surface area contributed by atoms with Crippen LogP contribution in [0.2, 0.25) is 0 Å². The number of hydrogen-bond donors (Lipinski definition) is 7. The van der Waals surface area contributed by atoms with Crippen molar-refractivity contribution in [2.75, 3.05) is 6.61 Å². The van der Waals surface area contributed by atoms with Crippen molar-refractivity contribution in [2.24, 2.45) is 4.99 Å². The number of rotatable bonds is 11. The quantitative estimate of drug-likeness (QED) is 0.126. The van der Waals surface area contributed by atoms with Gasteiger partial charge in [0.1, 0.15) is 12.3 Å². The summed E-state index contributed by atoms with van der Waals surface area (Å²) >= 11 is 12.5. The molecule has 5 rings (SSSR count). The molecule has 2 aromatic rings. The topological polar surface area (TPSA) is 320 Å². The summed E-state index contributed by atoms with van der Waals surface area (Å²) in [4.78, 5) is 91.5. The maximum Gasteiger partial charge on any atom is 0.490 e. The lowest BCUT2D eigenvalue weighted by molar-refractivity contribution is -0.111. The number of aromatic nitrogens is 2. The number of carbonyl (C=O) groups excluding carboxylic acids is 1. The molecule has 21 nitrogen and oxygen atoms in total. The van der Waals surface area contributed by atoms with Crippen molar-refractivity contribution in [3.8, 4) is 11.3 Å². The van der Waals surface area contributed by atoms with Gasteiger partial charge in [0.25, 0.3) is 5.56 Å². The fraction of sp³-hybridized carbons (Fsp3) is 0.360. The van der Waals surface area contributed by atoms with E-state index in [0.717, 1.165) is 4.57 Å². The number of aliphatic imine (C=N–C) groups is 1. The molecule has 2 aliphatic heterocycles. The highest BCUT2D eigenvalue weighted by Gasteiger charge is 2.46. The van der Waals surface area contributed by atoms with Gasteiger partial charge in [-0.25, -0.2) is 28.0 Å². The van der Waals surface area contributed by atoms with Crippen LogP contribution in [-0.2, 0) is 50.7 Å². The number of nitrogens with zero attached hydrogens (tertiary/aromatic N) is 2. The lowest BCUT2D eigenvalue weighted by atomic mass is 9.71. The van der Waals surface area contributed by atoms with Gasteiger partial charge in [-0.3, -0.25) is 23.7 Å². The second-order valence-electron chi connectivity index (χ2n) is 11.8. The normalized spacial score (nSPS) is 25.0. The van der Waals surface area contributed by atoms with Gasteiger partial charge in [-0.2, -0.15) is 12.9 Å². The van der Waals surface area contributed by atoms with E-state index in [1.807, 2.05) is 0 Å². The summed E-state index contributed by atoms with van der Waals surface area (Å²) in [7, 11) is -23.6. The summed E-state index contributed by atoms with van der Waals surface area (Å²) < 4.78 is 68.7. The maximum atomic E-state index is 13.3. The fourth-order valence-corrected chi connectivity index (χ4v) is 10.9. The predicted octanol–water partition coefficient (Wildman–Crippen LogP) is 3.18. The molecule has 0 bridgehead atoms. The molecule has 3 aliphatic rings. The first kappa shape index (κ1) is 41.0. The number of halogens is 2. The zero-order chi connectivity index (χ0) is 38.9. The number of ether oxygens (including phenoxy) is 1. The van der Waals surface area contributed by atoms with E-state index < -0.39 is 78.8 Å². The molecule has 27 heteroatoms. The van der Waals surface area contributed by atoms with Crippen LogP contribution in [-0.4, -0.2) is 69.4 Å². The van der Waals surface area contributed by atoms with E-state index in [-0.39, 0.29) is 27.7 Å². The van der Waals surface area contributed by atoms with E-state index in [1.54, 1.807) is 32.0 Å². The number of aliphatic hydroxyl groups excluding tert-OH is 1. The first-order valence-corrected chi connectivity index (χ1v) is 21.1. The molecule has 1 aromatic carbocycles. The number of aromatic amines is 1. The van der Waals surface area contributed by atoms with Crippen LogP contribution in [0.4, 0.5) is 5.69 Å². The summed E-state index contributed by atoms with van der Waals surface area (Å²) in [6.07, 6.45) is -3.43. The summed E-state index contributed by atoms with van der Waals surface area (Å²) in [5, 5.41) is 10.5. The van der Waals surface area contributed by atoms with Gasteiger partial charge in [0.05, 0.1) is 39.9 Å². The highest BCUT2D eigenvalue weighted by molar-refractivity contribution is 7.69.